The van der Waals surface area contributed by atoms with Gasteiger partial charge in [-0.05, 0) is 13.0 Å². The Balaban J connectivity index is 2.28. The Morgan fingerprint density at radius 1 is 1.54 bits per heavy atom. The van der Waals surface area contributed by atoms with Gasteiger partial charge < -0.3 is 25.0 Å². The van der Waals surface area contributed by atoms with Gasteiger partial charge in [0.2, 0.25) is 5.43 Å². The van der Waals surface area contributed by atoms with Crippen LogP contribution in [0.15, 0.2) is 17.1 Å². The van der Waals surface area contributed by atoms with Crippen LogP contribution >= 0.6 is 11.6 Å². The first-order chi connectivity index (χ1) is 12.3. The quantitative estimate of drug-likeness (QED) is 0.781. The smallest absolute Gasteiger partial charge is 0.449 e. The highest BCUT2D eigenvalue weighted by molar-refractivity contribution is 6.38. The molecule has 1 aliphatic heterocycles. The van der Waals surface area contributed by atoms with Gasteiger partial charge in [-0.1, -0.05) is 11.6 Å². The van der Waals surface area contributed by atoms with Crippen LogP contribution in [0.2, 0.25) is 5.02 Å². The van der Waals surface area contributed by atoms with Crippen molar-refractivity contribution < 1.29 is 23.4 Å². The molecule has 10 heteroatoms. The molecule has 1 aromatic heterocycles. The molecule has 0 bridgehead atoms. The molecular weight excluding hydrogens is 372 g/mol. The van der Waals surface area contributed by atoms with Gasteiger partial charge in [-0.2, -0.15) is 0 Å². The van der Waals surface area contributed by atoms with Crippen LogP contribution in [0, 0.1) is 5.82 Å². The molecule has 2 aromatic rings. The van der Waals surface area contributed by atoms with E-state index in [-0.39, 0.29) is 40.2 Å². The topological polar surface area (TPSA) is 97.8 Å². The number of nitrogens with zero attached hydrogens (tertiary/aromatic N) is 2. The van der Waals surface area contributed by atoms with E-state index in [1.54, 1.807) is 4.90 Å². The number of pyridine rings is 1. The molecule has 1 saturated heterocycles. The molecule has 0 aliphatic carbocycles. The van der Waals surface area contributed by atoms with E-state index in [1.165, 1.54) is 4.57 Å². The number of alkyl halides is 1. The first kappa shape index (κ1) is 18.4. The number of fused-ring (bicyclic) bond motifs is 1. The lowest BCUT2D eigenvalue weighted by Crippen LogP contribution is -2.63. The number of nitrogens with two attached hydrogens (primary N) is 1. The van der Waals surface area contributed by atoms with Crippen molar-refractivity contribution in [3.05, 3.63) is 33.3 Å². The second-order valence-electron chi connectivity index (χ2n) is 6.05. The fourth-order valence-electron chi connectivity index (χ4n) is 3.08. The van der Waals surface area contributed by atoms with Crippen LogP contribution < -0.4 is 20.8 Å². The Bertz CT molecular complexity index is 949. The van der Waals surface area contributed by atoms with Crippen molar-refractivity contribution in [1.29, 1.82) is 0 Å². The monoisotopic (exact) mass is 387 g/mol. The van der Waals surface area contributed by atoms with Crippen LogP contribution in [0.3, 0.4) is 0 Å². The fraction of sp³-hybridized carbons (Fsp3) is 0.375. The number of halogens is 3. The fourth-order valence-corrected chi connectivity index (χ4v) is 3.49. The third-order valence-electron chi connectivity index (χ3n) is 4.53. The van der Waals surface area contributed by atoms with Gasteiger partial charge in [0, 0.05) is 18.6 Å². The third kappa shape index (κ3) is 2.86. The van der Waals surface area contributed by atoms with Crippen molar-refractivity contribution in [2.45, 2.75) is 25.6 Å². The lowest BCUT2D eigenvalue weighted by atomic mass is 9.97. The van der Waals surface area contributed by atoms with Gasteiger partial charge in [-0.15, -0.1) is 0 Å². The van der Waals surface area contributed by atoms with Crippen molar-refractivity contribution in [3.63, 3.8) is 0 Å². The zero-order chi connectivity index (χ0) is 19.2. The zero-order valence-electron chi connectivity index (χ0n) is 13.7. The first-order valence-electron chi connectivity index (χ1n) is 7.80. The molecule has 1 aromatic carbocycles. The number of anilines is 1. The highest BCUT2D eigenvalue weighted by Crippen LogP contribution is 2.39. The second kappa shape index (κ2) is 6.73. The number of aryl methyl sites for hydroxylation is 1. The Labute approximate surface area is 151 Å². The first-order valence-corrected chi connectivity index (χ1v) is 8.18. The minimum atomic E-state index is -1.71. The molecule has 26 heavy (non-hydrogen) atoms. The average molecular weight is 388 g/mol. The maximum Gasteiger partial charge on any atom is 0.511 e. The minimum absolute atomic E-state index is 0.0637. The molecule has 3 N–H and O–H groups in total. The van der Waals surface area contributed by atoms with E-state index in [2.05, 4.69) is 4.74 Å². The summed E-state index contributed by atoms with van der Waals surface area (Å²) in [5.41, 5.74) is 5.18. The van der Waals surface area contributed by atoms with Gasteiger partial charge in [0.1, 0.15) is 12.5 Å². The van der Waals surface area contributed by atoms with Crippen LogP contribution in [0.25, 0.3) is 10.9 Å². The van der Waals surface area contributed by atoms with Gasteiger partial charge in [0.05, 0.1) is 34.4 Å². The number of benzene rings is 1. The van der Waals surface area contributed by atoms with Gasteiger partial charge in [0.25, 0.3) is 0 Å². The summed E-state index contributed by atoms with van der Waals surface area (Å²) in [7, 11) is 0. The number of hydrogen-bond donors (Lipinski definition) is 2. The predicted octanol–water partition coefficient (Wildman–Crippen LogP) is 2.36. The SMILES string of the molecule is C[C@@H]1[C@@H](N)CN1c1c(F)cc2c(=O)c(OC(=O)O)cn(CCF)c2c1Cl. The molecule has 0 radical (unpaired) electrons. The van der Waals surface area contributed by atoms with Gasteiger partial charge in [0.15, 0.2) is 5.75 Å². The van der Waals surface area contributed by atoms with E-state index in [4.69, 9.17) is 22.4 Å². The summed E-state index contributed by atoms with van der Waals surface area (Å²) in [6.45, 7) is 1.18. The van der Waals surface area contributed by atoms with E-state index in [9.17, 15) is 18.4 Å². The van der Waals surface area contributed by atoms with E-state index >= 15 is 0 Å². The van der Waals surface area contributed by atoms with Crippen molar-refractivity contribution in [2.75, 3.05) is 18.1 Å². The number of hydrogen-bond acceptors (Lipinski definition) is 5. The highest BCUT2D eigenvalue weighted by Gasteiger charge is 2.36. The largest absolute Gasteiger partial charge is 0.511 e. The van der Waals surface area contributed by atoms with Crippen LogP contribution in [0.5, 0.6) is 5.75 Å². The number of carboxylic acid groups (broad SMARTS) is 1. The second-order valence-corrected chi connectivity index (χ2v) is 6.42. The number of ether oxygens (including phenoxy) is 1. The summed E-state index contributed by atoms with van der Waals surface area (Å²) in [4.78, 5) is 24.9. The Kier molecular flexibility index (Phi) is 4.76. The van der Waals surface area contributed by atoms with Crippen molar-refractivity contribution >= 4 is 34.3 Å². The van der Waals surface area contributed by atoms with E-state index in [0.717, 1.165) is 12.3 Å². The van der Waals surface area contributed by atoms with Crippen LogP contribution in [0.4, 0.5) is 19.3 Å². The zero-order valence-corrected chi connectivity index (χ0v) is 14.5. The van der Waals surface area contributed by atoms with Crippen molar-refractivity contribution in [2.24, 2.45) is 5.73 Å². The Hall–Kier alpha value is -2.39. The molecule has 0 saturated carbocycles. The lowest BCUT2D eigenvalue weighted by molar-refractivity contribution is 0.143. The number of aromatic nitrogens is 1. The molecule has 3 rings (SSSR count). The third-order valence-corrected chi connectivity index (χ3v) is 4.88. The van der Waals surface area contributed by atoms with E-state index in [1.807, 2.05) is 6.92 Å². The molecule has 2 heterocycles. The Morgan fingerprint density at radius 3 is 2.77 bits per heavy atom. The molecule has 1 fully saturated rings. The summed E-state index contributed by atoms with van der Waals surface area (Å²) in [5, 5.41) is 8.48. The van der Waals surface area contributed by atoms with Crippen LogP contribution in [-0.4, -0.2) is 41.1 Å². The number of carbonyl (C=O) groups is 1. The lowest BCUT2D eigenvalue weighted by Gasteiger charge is -2.46. The average Bonchev–Trinajstić information content (AvgIpc) is 2.57. The van der Waals surface area contributed by atoms with E-state index < -0.39 is 29.8 Å². The molecule has 0 amide bonds. The van der Waals surface area contributed by atoms with Crippen LogP contribution in [-0.2, 0) is 6.54 Å². The predicted molar refractivity (Wildman–Crippen MR) is 92.6 cm³/mol. The normalized spacial score (nSPS) is 19.5. The molecule has 1 aliphatic rings. The Morgan fingerprint density at radius 2 is 2.23 bits per heavy atom. The van der Waals surface area contributed by atoms with Gasteiger partial charge >= 0.3 is 6.16 Å². The van der Waals surface area contributed by atoms with Gasteiger partial charge in [-0.3, -0.25) is 4.79 Å². The maximum absolute atomic E-state index is 14.7. The van der Waals surface area contributed by atoms with Crippen molar-refractivity contribution in [3.8, 4) is 5.75 Å². The summed E-state index contributed by atoms with van der Waals surface area (Å²) in [5.74, 6) is -1.31. The molecule has 0 spiro atoms. The molecule has 0 unspecified atom stereocenters. The maximum atomic E-state index is 14.7. The summed E-state index contributed by atoms with van der Waals surface area (Å²) < 4.78 is 33.3. The molecule has 2 atom stereocenters. The standard InChI is InChI=1S/C16H16ClF2N3O4/c1-7-10(20)5-22(7)14-9(19)4-8-13(12(14)17)21(3-2-18)6-11(15(8)23)26-16(24)25/h4,6-7,10H,2-3,5,20H2,1H3,(H,24,25)/t7-,10+/m1/s1. The molecule has 140 valence electrons. The molecular formula is C16H16ClF2N3O4. The summed E-state index contributed by atoms with van der Waals surface area (Å²) in [6.07, 6.45) is -0.656. The summed E-state index contributed by atoms with van der Waals surface area (Å²) >= 11 is 6.38. The highest BCUT2D eigenvalue weighted by atomic mass is 35.5. The molecule has 7 nitrogen and oxygen atoms in total. The minimum Gasteiger partial charge on any atom is -0.449 e. The number of rotatable bonds is 4. The summed E-state index contributed by atoms with van der Waals surface area (Å²) in [6, 6.07) is 0.662. The van der Waals surface area contributed by atoms with E-state index in [0.29, 0.717) is 6.54 Å². The van der Waals surface area contributed by atoms with Gasteiger partial charge in [-0.25, -0.2) is 13.6 Å². The van der Waals surface area contributed by atoms with Crippen LogP contribution in [0.1, 0.15) is 6.92 Å². The van der Waals surface area contributed by atoms with Crippen molar-refractivity contribution in [1.82, 2.24) is 4.57 Å².